The van der Waals surface area contributed by atoms with Gasteiger partial charge in [0.2, 0.25) is 5.91 Å². The molecule has 1 saturated heterocycles. The highest BCUT2D eigenvalue weighted by atomic mass is 35.5. The molecular formula is C23H25ClN4OS. The van der Waals surface area contributed by atoms with Crippen molar-refractivity contribution in [1.29, 1.82) is 0 Å². The van der Waals surface area contributed by atoms with Gasteiger partial charge in [0, 0.05) is 43.8 Å². The predicted octanol–water partition coefficient (Wildman–Crippen LogP) is 4.61. The Bertz CT molecular complexity index is 996. The second kappa shape index (κ2) is 9.60. The van der Waals surface area contributed by atoms with Gasteiger partial charge in [0.05, 0.1) is 22.8 Å². The number of carbonyl (C=O) groups excluding carboxylic acids is 1. The Hall–Kier alpha value is -2.41. The van der Waals surface area contributed by atoms with E-state index in [1.165, 1.54) is 5.56 Å². The van der Waals surface area contributed by atoms with Gasteiger partial charge in [-0.3, -0.25) is 9.69 Å². The number of halogens is 1. The highest BCUT2D eigenvalue weighted by Gasteiger charge is 2.19. The van der Waals surface area contributed by atoms with Crippen molar-refractivity contribution in [3.05, 3.63) is 75.2 Å². The molecule has 30 heavy (non-hydrogen) atoms. The minimum atomic E-state index is -0.0342. The lowest BCUT2D eigenvalue weighted by Gasteiger charge is -2.36. The summed E-state index contributed by atoms with van der Waals surface area (Å²) in [5.74, 6) is -0.0342. The van der Waals surface area contributed by atoms with Crippen molar-refractivity contribution in [2.45, 2.75) is 19.9 Å². The van der Waals surface area contributed by atoms with E-state index in [4.69, 9.17) is 11.6 Å². The van der Waals surface area contributed by atoms with Crippen LogP contribution in [0.3, 0.4) is 0 Å². The second-order valence-electron chi connectivity index (χ2n) is 7.54. The van der Waals surface area contributed by atoms with E-state index in [9.17, 15) is 4.79 Å². The van der Waals surface area contributed by atoms with E-state index >= 15 is 0 Å². The van der Waals surface area contributed by atoms with Gasteiger partial charge in [-0.1, -0.05) is 41.4 Å². The molecule has 1 aliphatic heterocycles. The van der Waals surface area contributed by atoms with Gasteiger partial charge in [-0.05, 0) is 31.2 Å². The Kier molecular flexibility index (Phi) is 6.67. The van der Waals surface area contributed by atoms with Crippen LogP contribution in [0.5, 0.6) is 0 Å². The quantitative estimate of drug-likeness (QED) is 0.608. The molecule has 0 spiro atoms. The lowest BCUT2D eigenvalue weighted by Crippen LogP contribution is -2.46. The molecule has 0 saturated carbocycles. The zero-order valence-corrected chi connectivity index (χ0v) is 18.5. The molecule has 1 amide bonds. The Morgan fingerprint density at radius 3 is 2.57 bits per heavy atom. The smallest absolute Gasteiger partial charge is 0.231 e. The minimum absolute atomic E-state index is 0.0342. The fourth-order valence-electron chi connectivity index (χ4n) is 3.57. The number of nitrogens with one attached hydrogen (secondary N) is 1. The lowest BCUT2D eigenvalue weighted by molar-refractivity contribution is -0.115. The number of hydrogen-bond acceptors (Lipinski definition) is 5. The van der Waals surface area contributed by atoms with Crippen molar-refractivity contribution < 1.29 is 4.79 Å². The third kappa shape index (κ3) is 5.39. The summed E-state index contributed by atoms with van der Waals surface area (Å²) in [6.07, 6.45) is 0.304. The number of hydrogen-bond donors (Lipinski definition) is 1. The first-order valence-electron chi connectivity index (χ1n) is 10.1. The van der Waals surface area contributed by atoms with Gasteiger partial charge in [0.1, 0.15) is 5.01 Å². The average molecular weight is 441 g/mol. The van der Waals surface area contributed by atoms with Crippen molar-refractivity contribution in [1.82, 2.24) is 9.88 Å². The topological polar surface area (TPSA) is 48.5 Å². The zero-order valence-electron chi connectivity index (χ0n) is 17.0. The molecule has 0 aliphatic carbocycles. The van der Waals surface area contributed by atoms with E-state index in [0.717, 1.165) is 59.8 Å². The van der Waals surface area contributed by atoms with Gasteiger partial charge < -0.3 is 10.2 Å². The van der Waals surface area contributed by atoms with Gasteiger partial charge >= 0.3 is 0 Å². The van der Waals surface area contributed by atoms with E-state index in [2.05, 4.69) is 31.5 Å². The van der Waals surface area contributed by atoms with Gasteiger partial charge in [-0.25, -0.2) is 4.98 Å². The fourth-order valence-corrected chi connectivity index (χ4v) is 4.61. The molecule has 0 unspecified atom stereocenters. The Labute approximate surface area is 186 Å². The van der Waals surface area contributed by atoms with Gasteiger partial charge in [-0.15, -0.1) is 11.3 Å². The fraction of sp³-hybridized carbons (Fsp3) is 0.304. The second-order valence-corrected chi connectivity index (χ2v) is 8.89. The van der Waals surface area contributed by atoms with E-state index < -0.39 is 0 Å². The molecule has 2 heterocycles. The van der Waals surface area contributed by atoms with Crippen molar-refractivity contribution in [3.8, 4) is 0 Å². The minimum Gasteiger partial charge on any atom is -0.368 e. The highest BCUT2D eigenvalue weighted by Crippen LogP contribution is 2.26. The maximum atomic E-state index is 12.3. The monoisotopic (exact) mass is 440 g/mol. The number of aryl methyl sites for hydroxylation is 1. The first kappa shape index (κ1) is 20.8. The van der Waals surface area contributed by atoms with E-state index in [-0.39, 0.29) is 5.91 Å². The van der Waals surface area contributed by atoms with E-state index in [0.29, 0.717) is 6.42 Å². The molecule has 1 fully saturated rings. The first-order valence-corrected chi connectivity index (χ1v) is 11.3. The van der Waals surface area contributed by atoms with Gasteiger partial charge in [0.25, 0.3) is 0 Å². The summed E-state index contributed by atoms with van der Waals surface area (Å²) in [5, 5.41) is 6.65. The summed E-state index contributed by atoms with van der Waals surface area (Å²) in [6.45, 7) is 6.66. The van der Waals surface area contributed by atoms with Crippen LogP contribution >= 0.6 is 22.9 Å². The van der Waals surface area contributed by atoms with Crippen molar-refractivity contribution in [2.24, 2.45) is 0 Å². The van der Waals surface area contributed by atoms with Crippen molar-refractivity contribution in [2.75, 3.05) is 36.4 Å². The number of anilines is 2. The molecule has 2 aromatic carbocycles. The maximum absolute atomic E-state index is 12.3. The number of carbonyl (C=O) groups is 1. The van der Waals surface area contributed by atoms with Crippen LogP contribution in [0.25, 0.3) is 0 Å². The van der Waals surface area contributed by atoms with Crippen molar-refractivity contribution in [3.63, 3.8) is 0 Å². The molecule has 156 valence electrons. The number of amides is 1. The Morgan fingerprint density at radius 2 is 1.83 bits per heavy atom. The zero-order chi connectivity index (χ0) is 20.9. The van der Waals surface area contributed by atoms with Crippen LogP contribution < -0.4 is 10.2 Å². The number of piperazine rings is 1. The summed E-state index contributed by atoms with van der Waals surface area (Å²) < 4.78 is 0. The molecule has 5 nitrogen and oxygen atoms in total. The molecule has 7 heteroatoms. The van der Waals surface area contributed by atoms with Crippen LogP contribution in [-0.2, 0) is 17.8 Å². The number of rotatable bonds is 6. The number of thiazole rings is 1. The van der Waals surface area contributed by atoms with Crippen LogP contribution in [0.15, 0.2) is 53.9 Å². The van der Waals surface area contributed by atoms with Crippen LogP contribution in [0.2, 0.25) is 5.02 Å². The number of nitrogens with zero attached hydrogens (tertiary/aromatic N) is 3. The summed E-state index contributed by atoms with van der Waals surface area (Å²) >= 11 is 7.88. The van der Waals surface area contributed by atoms with Crippen LogP contribution in [0.4, 0.5) is 11.4 Å². The van der Waals surface area contributed by atoms with Crippen LogP contribution in [-0.4, -0.2) is 42.0 Å². The molecule has 1 aliphatic rings. The number of benzene rings is 2. The third-order valence-electron chi connectivity index (χ3n) is 5.20. The van der Waals surface area contributed by atoms with E-state index in [1.54, 1.807) is 11.3 Å². The molecular weight excluding hydrogens is 416 g/mol. The van der Waals surface area contributed by atoms with E-state index in [1.807, 2.05) is 49.4 Å². The standard InChI is InChI=1S/C23H25ClN4OS/c1-17-6-8-18(9-7-17)25-22(29)14-23-26-19(16-30-23)15-27-10-12-28(13-11-27)21-5-3-2-4-20(21)24/h2-9,16H,10-15H2,1H3,(H,25,29). The van der Waals surface area contributed by atoms with Gasteiger partial charge in [0.15, 0.2) is 0 Å². The van der Waals surface area contributed by atoms with Gasteiger partial charge in [-0.2, -0.15) is 0 Å². The molecule has 4 rings (SSSR count). The maximum Gasteiger partial charge on any atom is 0.231 e. The number of para-hydroxylation sites is 1. The first-order chi connectivity index (χ1) is 14.6. The highest BCUT2D eigenvalue weighted by molar-refractivity contribution is 7.09. The van der Waals surface area contributed by atoms with Crippen LogP contribution in [0.1, 0.15) is 16.3 Å². The molecule has 0 bridgehead atoms. The number of aromatic nitrogens is 1. The SMILES string of the molecule is Cc1ccc(NC(=O)Cc2nc(CN3CCN(c4ccccc4Cl)CC3)cs2)cc1. The molecule has 3 aromatic rings. The Morgan fingerprint density at radius 1 is 1.10 bits per heavy atom. The molecule has 0 atom stereocenters. The van der Waals surface area contributed by atoms with Crippen molar-refractivity contribution >= 4 is 40.2 Å². The Balaban J connectivity index is 1.26. The third-order valence-corrected chi connectivity index (χ3v) is 6.41. The predicted molar refractivity (Wildman–Crippen MR) is 125 cm³/mol. The summed E-state index contributed by atoms with van der Waals surface area (Å²) in [5.41, 5.74) is 4.13. The largest absolute Gasteiger partial charge is 0.368 e. The van der Waals surface area contributed by atoms with Crippen LogP contribution in [0, 0.1) is 6.92 Å². The normalized spacial score (nSPS) is 14.7. The molecule has 1 aromatic heterocycles. The molecule has 1 N–H and O–H groups in total. The summed E-state index contributed by atoms with van der Waals surface area (Å²) in [6, 6.07) is 15.8. The molecule has 0 radical (unpaired) electrons. The average Bonchev–Trinajstić information content (AvgIpc) is 3.17. The summed E-state index contributed by atoms with van der Waals surface area (Å²) in [7, 11) is 0. The summed E-state index contributed by atoms with van der Waals surface area (Å²) in [4.78, 5) is 21.7. The lowest BCUT2D eigenvalue weighted by atomic mass is 10.2.